The van der Waals surface area contributed by atoms with Crippen molar-refractivity contribution in [3.05, 3.63) is 72.8 Å². The number of hydrogen-bond donors (Lipinski definition) is 0. The van der Waals surface area contributed by atoms with Gasteiger partial charge in [0, 0.05) is 39.1 Å². The van der Waals surface area contributed by atoms with E-state index in [4.69, 9.17) is 0 Å². The highest BCUT2D eigenvalue weighted by Crippen LogP contribution is 2.27. The van der Waals surface area contributed by atoms with E-state index in [1.54, 1.807) is 20.8 Å². The Hall–Kier alpha value is -3.41. The van der Waals surface area contributed by atoms with Gasteiger partial charge in [-0.3, -0.25) is 14.4 Å². The fourth-order valence-electron chi connectivity index (χ4n) is 4.76. The molecule has 6 nitrogen and oxygen atoms in total. The monoisotopic (exact) mass is 445 g/mol. The summed E-state index contributed by atoms with van der Waals surface area (Å²) in [6, 6.07) is 18.3. The lowest BCUT2D eigenvalue weighted by molar-refractivity contribution is -0.139. The van der Waals surface area contributed by atoms with Crippen LogP contribution >= 0.6 is 0 Å². The van der Waals surface area contributed by atoms with Crippen LogP contribution in [0.4, 0.5) is 0 Å². The first-order valence-electron chi connectivity index (χ1n) is 11.7. The number of carbonyl (C=O) groups excluding carboxylic acids is 3. The van der Waals surface area contributed by atoms with Crippen LogP contribution in [0.2, 0.25) is 0 Å². The van der Waals surface area contributed by atoms with Crippen molar-refractivity contribution >= 4 is 17.7 Å². The van der Waals surface area contributed by atoms with Gasteiger partial charge in [-0.1, -0.05) is 60.7 Å². The standard InChI is InChI=1S/C27H31N3O3/c1-2-14-28-16-17-30(26(32)20-29-15-8-13-25(29)31)19-23(27(28)33)18-22-11-6-7-12-24(22)21-9-4-3-5-10-21/h2-7,9-12,23H,1,8,13-20H2. The maximum absolute atomic E-state index is 13.4. The summed E-state index contributed by atoms with van der Waals surface area (Å²) >= 11 is 0. The van der Waals surface area contributed by atoms with Gasteiger partial charge in [-0.05, 0) is 29.5 Å². The van der Waals surface area contributed by atoms with Crippen LogP contribution < -0.4 is 0 Å². The molecule has 1 atom stereocenters. The Balaban J connectivity index is 1.57. The molecular formula is C27H31N3O3. The molecule has 2 aromatic carbocycles. The van der Waals surface area contributed by atoms with E-state index < -0.39 is 0 Å². The molecule has 4 rings (SSSR count). The van der Waals surface area contributed by atoms with Crippen molar-refractivity contribution in [3.63, 3.8) is 0 Å². The fraction of sp³-hybridized carbons (Fsp3) is 0.370. The summed E-state index contributed by atoms with van der Waals surface area (Å²) in [5.41, 5.74) is 3.30. The second-order valence-electron chi connectivity index (χ2n) is 8.76. The molecule has 0 saturated carbocycles. The summed E-state index contributed by atoms with van der Waals surface area (Å²) < 4.78 is 0. The average Bonchev–Trinajstić information content (AvgIpc) is 3.17. The van der Waals surface area contributed by atoms with Gasteiger partial charge in [-0.2, -0.15) is 0 Å². The summed E-state index contributed by atoms with van der Waals surface area (Å²) in [5, 5.41) is 0. The highest BCUT2D eigenvalue weighted by molar-refractivity contribution is 5.87. The minimum atomic E-state index is -0.351. The predicted molar refractivity (Wildman–Crippen MR) is 128 cm³/mol. The lowest BCUT2D eigenvalue weighted by Crippen LogP contribution is -2.43. The molecule has 2 aromatic rings. The van der Waals surface area contributed by atoms with Gasteiger partial charge in [0.25, 0.3) is 0 Å². The van der Waals surface area contributed by atoms with Crippen molar-refractivity contribution in [2.24, 2.45) is 5.92 Å². The molecule has 1 unspecified atom stereocenters. The molecule has 0 aromatic heterocycles. The van der Waals surface area contributed by atoms with Crippen LogP contribution in [0.15, 0.2) is 67.3 Å². The van der Waals surface area contributed by atoms with Crippen molar-refractivity contribution in [2.45, 2.75) is 19.3 Å². The van der Waals surface area contributed by atoms with Crippen LogP contribution in [0.25, 0.3) is 11.1 Å². The molecule has 2 fully saturated rings. The maximum atomic E-state index is 13.4. The molecule has 2 aliphatic heterocycles. The molecule has 2 saturated heterocycles. The third kappa shape index (κ3) is 5.33. The van der Waals surface area contributed by atoms with Crippen LogP contribution in [-0.4, -0.2) is 71.7 Å². The second-order valence-corrected chi connectivity index (χ2v) is 8.76. The topological polar surface area (TPSA) is 60.9 Å². The highest BCUT2D eigenvalue weighted by atomic mass is 16.2. The molecule has 6 heteroatoms. The zero-order chi connectivity index (χ0) is 23.2. The Morgan fingerprint density at radius 1 is 0.970 bits per heavy atom. The van der Waals surface area contributed by atoms with E-state index in [1.165, 1.54) is 0 Å². The van der Waals surface area contributed by atoms with E-state index in [9.17, 15) is 14.4 Å². The second kappa shape index (κ2) is 10.5. The van der Waals surface area contributed by atoms with Gasteiger partial charge < -0.3 is 14.7 Å². The van der Waals surface area contributed by atoms with Crippen molar-refractivity contribution in [2.75, 3.05) is 39.3 Å². The molecule has 0 bridgehead atoms. The molecule has 172 valence electrons. The number of nitrogens with zero attached hydrogens (tertiary/aromatic N) is 3. The maximum Gasteiger partial charge on any atom is 0.242 e. The van der Waals surface area contributed by atoms with E-state index in [0.29, 0.717) is 45.6 Å². The van der Waals surface area contributed by atoms with Gasteiger partial charge in [0.05, 0.1) is 12.5 Å². The van der Waals surface area contributed by atoms with Gasteiger partial charge >= 0.3 is 0 Å². The van der Waals surface area contributed by atoms with E-state index in [1.807, 2.05) is 30.3 Å². The summed E-state index contributed by atoms with van der Waals surface area (Å²) in [5.74, 6) is -0.350. The minimum Gasteiger partial charge on any atom is -0.339 e. The normalized spacial score (nSPS) is 19.0. The lowest BCUT2D eigenvalue weighted by atomic mass is 9.91. The van der Waals surface area contributed by atoms with Crippen molar-refractivity contribution in [1.82, 2.24) is 14.7 Å². The van der Waals surface area contributed by atoms with Crippen LogP contribution in [0.3, 0.4) is 0 Å². The van der Waals surface area contributed by atoms with Crippen molar-refractivity contribution in [1.29, 1.82) is 0 Å². The number of hydrogen-bond acceptors (Lipinski definition) is 3. The first-order chi connectivity index (χ1) is 16.1. The van der Waals surface area contributed by atoms with Crippen LogP contribution in [0.5, 0.6) is 0 Å². The molecule has 0 spiro atoms. The molecule has 0 N–H and O–H groups in total. The van der Waals surface area contributed by atoms with Gasteiger partial charge in [0.15, 0.2) is 0 Å². The Kier molecular flexibility index (Phi) is 7.23. The average molecular weight is 446 g/mol. The summed E-state index contributed by atoms with van der Waals surface area (Å²) in [6.07, 6.45) is 3.59. The first-order valence-corrected chi connectivity index (χ1v) is 11.7. The highest BCUT2D eigenvalue weighted by Gasteiger charge is 2.33. The molecule has 0 aliphatic carbocycles. The van der Waals surface area contributed by atoms with Crippen LogP contribution in [-0.2, 0) is 20.8 Å². The Morgan fingerprint density at radius 3 is 2.45 bits per heavy atom. The lowest BCUT2D eigenvalue weighted by Gasteiger charge is -2.26. The third-order valence-corrected chi connectivity index (χ3v) is 6.51. The smallest absolute Gasteiger partial charge is 0.242 e. The Labute approximate surface area is 195 Å². The zero-order valence-corrected chi connectivity index (χ0v) is 19.0. The number of benzene rings is 2. The zero-order valence-electron chi connectivity index (χ0n) is 19.0. The number of carbonyl (C=O) groups is 3. The van der Waals surface area contributed by atoms with Gasteiger partial charge in [-0.15, -0.1) is 6.58 Å². The van der Waals surface area contributed by atoms with Crippen molar-refractivity contribution < 1.29 is 14.4 Å². The van der Waals surface area contributed by atoms with E-state index in [0.717, 1.165) is 23.1 Å². The minimum absolute atomic E-state index is 0.0378. The Bertz CT molecular complexity index is 1020. The largest absolute Gasteiger partial charge is 0.339 e. The summed E-state index contributed by atoms with van der Waals surface area (Å²) in [7, 11) is 0. The third-order valence-electron chi connectivity index (χ3n) is 6.51. The van der Waals surface area contributed by atoms with Crippen LogP contribution in [0.1, 0.15) is 18.4 Å². The summed E-state index contributed by atoms with van der Waals surface area (Å²) in [6.45, 7) is 6.29. The fourth-order valence-corrected chi connectivity index (χ4v) is 4.76. The van der Waals surface area contributed by atoms with Gasteiger partial charge in [0.1, 0.15) is 0 Å². The Morgan fingerprint density at radius 2 is 1.73 bits per heavy atom. The summed E-state index contributed by atoms with van der Waals surface area (Å²) in [4.78, 5) is 43.7. The van der Waals surface area contributed by atoms with E-state index >= 15 is 0 Å². The number of likely N-dealkylation sites (tertiary alicyclic amines) is 1. The molecule has 0 radical (unpaired) electrons. The first kappa shape index (κ1) is 22.8. The van der Waals surface area contributed by atoms with Crippen molar-refractivity contribution in [3.8, 4) is 11.1 Å². The quantitative estimate of drug-likeness (QED) is 0.616. The molecule has 3 amide bonds. The molecule has 2 heterocycles. The molecule has 33 heavy (non-hydrogen) atoms. The predicted octanol–water partition coefficient (Wildman–Crippen LogP) is 2.99. The molecule has 2 aliphatic rings. The van der Waals surface area contributed by atoms with E-state index in [2.05, 4.69) is 30.8 Å². The number of rotatable bonds is 7. The van der Waals surface area contributed by atoms with Crippen LogP contribution in [0, 0.1) is 5.92 Å². The SMILES string of the molecule is C=CCN1CCN(C(=O)CN2CCCC2=O)CC(Cc2ccccc2-c2ccccc2)C1=O. The molecular weight excluding hydrogens is 414 g/mol. The number of amides is 3. The van der Waals surface area contributed by atoms with Gasteiger partial charge in [0.2, 0.25) is 17.7 Å². The van der Waals surface area contributed by atoms with Gasteiger partial charge in [-0.25, -0.2) is 0 Å². The van der Waals surface area contributed by atoms with E-state index in [-0.39, 0.29) is 30.2 Å².